The van der Waals surface area contributed by atoms with E-state index in [1.54, 1.807) is 12.1 Å². The number of nitrogens with one attached hydrogen (secondary N) is 2. The molecule has 1 aliphatic rings. The molecule has 0 aromatic heterocycles. The molecule has 1 aromatic rings. The third-order valence-electron chi connectivity index (χ3n) is 4.48. The Kier molecular flexibility index (Phi) is 8.16. The van der Waals surface area contributed by atoms with Crippen LogP contribution in [0, 0.1) is 0 Å². The Hall–Kier alpha value is -0.860. The second kappa shape index (κ2) is 9.90. The quantitative estimate of drug-likeness (QED) is 0.618. The predicted octanol–water partition coefficient (Wildman–Crippen LogP) is 1.19. The summed E-state index contributed by atoms with van der Waals surface area (Å²) in [6.07, 6.45) is 3.22. The summed E-state index contributed by atoms with van der Waals surface area (Å²) >= 11 is 12.0. The Bertz CT molecular complexity index is 720. The van der Waals surface area contributed by atoms with Crippen molar-refractivity contribution in [3.05, 3.63) is 28.2 Å². The number of benzene rings is 1. The molecule has 0 aliphatic carbocycles. The summed E-state index contributed by atoms with van der Waals surface area (Å²) in [7, 11) is -3.68. The molecule has 6 nitrogen and oxygen atoms in total. The normalized spacial score (nSPS) is 16.6. The van der Waals surface area contributed by atoms with Crippen molar-refractivity contribution in [3.8, 4) is 0 Å². The zero-order valence-electron chi connectivity index (χ0n) is 14.9. The van der Waals surface area contributed by atoms with Gasteiger partial charge in [0, 0.05) is 6.54 Å². The average molecular weight is 423 g/mol. The number of quaternary nitrogens is 1. The van der Waals surface area contributed by atoms with E-state index >= 15 is 0 Å². The summed E-state index contributed by atoms with van der Waals surface area (Å²) in [6.45, 7) is 5.06. The number of nitrogens with zero attached hydrogens (tertiary/aromatic N) is 1. The molecule has 9 heteroatoms. The number of rotatable bonds is 8. The smallest absolute Gasteiger partial charge is 0.275 e. The van der Waals surface area contributed by atoms with Crippen LogP contribution in [0.5, 0.6) is 0 Å². The summed E-state index contributed by atoms with van der Waals surface area (Å²) in [5.41, 5.74) is 0. The largest absolute Gasteiger partial charge is 0.351 e. The Morgan fingerprint density at radius 1 is 1.23 bits per heavy atom. The minimum Gasteiger partial charge on any atom is -0.351 e. The fourth-order valence-electron chi connectivity index (χ4n) is 2.93. The molecule has 1 aliphatic heterocycles. The molecule has 0 spiro atoms. The molecule has 146 valence electrons. The third-order valence-corrected chi connectivity index (χ3v) is 7.35. The van der Waals surface area contributed by atoms with Crippen molar-refractivity contribution in [1.82, 2.24) is 9.62 Å². The van der Waals surface area contributed by atoms with Gasteiger partial charge >= 0.3 is 0 Å². The van der Waals surface area contributed by atoms with Crippen molar-refractivity contribution in [2.45, 2.75) is 31.1 Å². The van der Waals surface area contributed by atoms with Crippen molar-refractivity contribution in [1.29, 1.82) is 0 Å². The minimum atomic E-state index is -3.68. The number of carbonyl (C=O) groups is 1. The van der Waals surface area contributed by atoms with Gasteiger partial charge in [-0.2, -0.15) is 4.31 Å². The van der Waals surface area contributed by atoms with Gasteiger partial charge in [0.2, 0.25) is 10.0 Å². The van der Waals surface area contributed by atoms with E-state index in [2.05, 4.69) is 12.2 Å². The second-order valence-electron chi connectivity index (χ2n) is 6.44. The number of sulfonamides is 1. The number of halogens is 2. The zero-order valence-corrected chi connectivity index (χ0v) is 17.3. The van der Waals surface area contributed by atoms with Crippen LogP contribution in [0.4, 0.5) is 0 Å². The number of unbranched alkanes of at least 4 members (excludes halogenated alkanes) is 2. The summed E-state index contributed by atoms with van der Waals surface area (Å²) in [6, 6.07) is 4.60. The highest BCUT2D eigenvalue weighted by molar-refractivity contribution is 7.89. The lowest BCUT2D eigenvalue weighted by molar-refractivity contribution is -0.895. The second-order valence-corrected chi connectivity index (χ2v) is 9.13. The molecule has 1 saturated heterocycles. The first-order valence-corrected chi connectivity index (χ1v) is 11.1. The maximum absolute atomic E-state index is 12.8. The first-order valence-electron chi connectivity index (χ1n) is 8.90. The van der Waals surface area contributed by atoms with Gasteiger partial charge in [-0.25, -0.2) is 8.42 Å². The fourth-order valence-corrected chi connectivity index (χ4v) is 5.11. The van der Waals surface area contributed by atoms with Gasteiger partial charge in [-0.3, -0.25) is 4.79 Å². The van der Waals surface area contributed by atoms with Crippen LogP contribution >= 0.6 is 23.2 Å². The molecule has 26 heavy (non-hydrogen) atoms. The van der Waals surface area contributed by atoms with Crippen LogP contribution in [0.25, 0.3) is 0 Å². The monoisotopic (exact) mass is 422 g/mol. The van der Waals surface area contributed by atoms with Crippen LogP contribution in [0.15, 0.2) is 23.1 Å². The lowest BCUT2D eigenvalue weighted by Crippen LogP contribution is -3.15. The maximum Gasteiger partial charge on any atom is 0.275 e. The predicted molar refractivity (Wildman–Crippen MR) is 103 cm³/mol. The number of piperazine rings is 1. The van der Waals surface area contributed by atoms with Gasteiger partial charge in [0.25, 0.3) is 5.91 Å². The third kappa shape index (κ3) is 5.57. The van der Waals surface area contributed by atoms with Gasteiger partial charge in [0.15, 0.2) is 6.54 Å². The van der Waals surface area contributed by atoms with Crippen molar-refractivity contribution in [3.63, 3.8) is 0 Å². The minimum absolute atomic E-state index is 0.0188. The van der Waals surface area contributed by atoms with Gasteiger partial charge < -0.3 is 10.2 Å². The van der Waals surface area contributed by atoms with Crippen molar-refractivity contribution in [2.24, 2.45) is 0 Å². The molecule has 2 rings (SSSR count). The summed E-state index contributed by atoms with van der Waals surface area (Å²) in [5, 5.41) is 3.19. The van der Waals surface area contributed by atoms with Gasteiger partial charge in [-0.1, -0.05) is 49.0 Å². The van der Waals surface area contributed by atoms with Crippen molar-refractivity contribution in [2.75, 3.05) is 39.3 Å². The lowest BCUT2D eigenvalue weighted by Gasteiger charge is -2.31. The van der Waals surface area contributed by atoms with Gasteiger partial charge in [0.05, 0.1) is 36.2 Å². The molecule has 1 fully saturated rings. The highest BCUT2D eigenvalue weighted by Crippen LogP contribution is 2.30. The Morgan fingerprint density at radius 2 is 1.92 bits per heavy atom. The molecule has 1 aromatic carbocycles. The number of carbonyl (C=O) groups excluding carboxylic acids is 1. The first-order chi connectivity index (χ1) is 12.4. The van der Waals surface area contributed by atoms with E-state index in [-0.39, 0.29) is 20.8 Å². The van der Waals surface area contributed by atoms with E-state index in [1.807, 2.05) is 0 Å². The van der Waals surface area contributed by atoms with Crippen LogP contribution in [0.2, 0.25) is 10.0 Å². The number of hydrogen-bond acceptors (Lipinski definition) is 3. The molecule has 0 saturated carbocycles. The average Bonchev–Trinajstić information content (AvgIpc) is 2.61. The zero-order chi connectivity index (χ0) is 19.2. The van der Waals surface area contributed by atoms with Crippen LogP contribution in [-0.4, -0.2) is 57.9 Å². The number of hydrogen-bond donors (Lipinski definition) is 2. The van der Waals surface area contributed by atoms with Crippen molar-refractivity contribution >= 4 is 39.1 Å². The molecule has 2 N–H and O–H groups in total. The Morgan fingerprint density at radius 3 is 2.58 bits per heavy atom. The van der Waals surface area contributed by atoms with Crippen molar-refractivity contribution < 1.29 is 18.1 Å². The van der Waals surface area contributed by atoms with Crippen LogP contribution < -0.4 is 10.2 Å². The van der Waals surface area contributed by atoms with Crippen LogP contribution in [0.3, 0.4) is 0 Å². The maximum atomic E-state index is 12.8. The van der Waals surface area contributed by atoms with E-state index in [0.29, 0.717) is 39.3 Å². The lowest BCUT2D eigenvalue weighted by atomic mass is 10.2. The van der Waals surface area contributed by atoms with Crippen LogP contribution in [0.1, 0.15) is 26.2 Å². The van der Waals surface area contributed by atoms with Gasteiger partial charge in [-0.05, 0) is 18.6 Å². The SMILES string of the molecule is CCCCCNC(=O)C[NH+]1CCN(S(=O)(=O)c2cccc(Cl)c2Cl)CC1. The van der Waals surface area contributed by atoms with E-state index in [1.165, 1.54) is 10.4 Å². The number of amides is 1. The molecule has 0 unspecified atom stereocenters. The molecule has 0 atom stereocenters. The van der Waals surface area contributed by atoms with E-state index < -0.39 is 10.0 Å². The topological polar surface area (TPSA) is 70.9 Å². The summed E-state index contributed by atoms with van der Waals surface area (Å²) in [5.74, 6) is 0.0188. The summed E-state index contributed by atoms with van der Waals surface area (Å²) < 4.78 is 27.0. The highest BCUT2D eigenvalue weighted by atomic mass is 35.5. The molecular weight excluding hydrogens is 397 g/mol. The molecular formula is C17H26Cl2N3O3S+. The highest BCUT2D eigenvalue weighted by Gasteiger charge is 2.32. The standard InChI is InChI=1S/C17H25Cl2N3O3S/c1-2-3-4-8-20-16(23)13-21-9-11-22(12-10-21)26(24,25)15-7-5-6-14(18)17(15)19/h5-7H,2-4,8-13H2,1H3,(H,20,23)/p+1. The fraction of sp³-hybridized carbons (Fsp3) is 0.588. The van der Waals surface area contributed by atoms with E-state index in [0.717, 1.165) is 24.2 Å². The molecule has 0 radical (unpaired) electrons. The Balaban J connectivity index is 1.87. The van der Waals surface area contributed by atoms with Gasteiger partial charge in [-0.15, -0.1) is 0 Å². The Labute approximate surface area is 165 Å². The van der Waals surface area contributed by atoms with E-state index in [9.17, 15) is 13.2 Å². The van der Waals surface area contributed by atoms with E-state index in [4.69, 9.17) is 23.2 Å². The van der Waals surface area contributed by atoms with Crippen LogP contribution in [-0.2, 0) is 14.8 Å². The molecule has 0 bridgehead atoms. The first kappa shape index (κ1) is 21.4. The summed E-state index contributed by atoms with van der Waals surface area (Å²) in [4.78, 5) is 13.1. The molecule has 1 amide bonds. The van der Waals surface area contributed by atoms with Gasteiger partial charge in [0.1, 0.15) is 4.90 Å². The molecule has 1 heterocycles.